The van der Waals surface area contributed by atoms with Crippen LogP contribution < -0.4 is 5.73 Å². The van der Waals surface area contributed by atoms with E-state index in [1.54, 1.807) is 0 Å². The molecule has 0 radical (unpaired) electrons. The van der Waals surface area contributed by atoms with E-state index in [1.165, 1.54) is 5.56 Å². The van der Waals surface area contributed by atoms with Gasteiger partial charge in [-0.3, -0.25) is 9.69 Å². The lowest BCUT2D eigenvalue weighted by Gasteiger charge is -2.48. The second-order valence-corrected chi connectivity index (χ2v) is 7.93. The summed E-state index contributed by atoms with van der Waals surface area (Å²) in [6, 6.07) is 10.9. The molecule has 0 aromatic heterocycles. The van der Waals surface area contributed by atoms with Crippen LogP contribution in [0.25, 0.3) is 0 Å². The first-order valence-electron chi connectivity index (χ1n) is 9.22. The first kappa shape index (κ1) is 17.4. The molecule has 1 saturated carbocycles. The van der Waals surface area contributed by atoms with Crippen molar-refractivity contribution < 1.29 is 4.79 Å². The largest absolute Gasteiger partial charge is 0.342 e. The van der Waals surface area contributed by atoms with Crippen molar-refractivity contribution in [3.8, 4) is 0 Å². The molecule has 1 amide bonds. The van der Waals surface area contributed by atoms with Crippen LogP contribution in [0.1, 0.15) is 44.1 Å². The summed E-state index contributed by atoms with van der Waals surface area (Å²) in [5, 5.41) is 0. The Morgan fingerprint density at radius 3 is 2.38 bits per heavy atom. The van der Waals surface area contributed by atoms with E-state index < -0.39 is 0 Å². The Labute approximate surface area is 146 Å². The van der Waals surface area contributed by atoms with Gasteiger partial charge in [-0.15, -0.1) is 0 Å². The summed E-state index contributed by atoms with van der Waals surface area (Å²) in [7, 11) is 4.39. The highest BCUT2D eigenvalue weighted by Gasteiger charge is 2.49. The maximum atomic E-state index is 12.4. The average molecular weight is 329 g/mol. The van der Waals surface area contributed by atoms with Gasteiger partial charge in [0, 0.05) is 25.0 Å². The second kappa shape index (κ2) is 6.85. The fourth-order valence-corrected chi connectivity index (χ4v) is 4.74. The van der Waals surface area contributed by atoms with Gasteiger partial charge >= 0.3 is 0 Å². The van der Waals surface area contributed by atoms with Gasteiger partial charge in [0.15, 0.2) is 0 Å². The molecule has 1 aliphatic heterocycles. The predicted octanol–water partition coefficient (Wildman–Crippen LogP) is 2.58. The zero-order valence-electron chi connectivity index (χ0n) is 15.1. The number of rotatable bonds is 5. The van der Waals surface area contributed by atoms with Crippen molar-refractivity contribution in [2.45, 2.75) is 44.1 Å². The summed E-state index contributed by atoms with van der Waals surface area (Å²) < 4.78 is 0. The number of amides is 1. The van der Waals surface area contributed by atoms with E-state index in [9.17, 15) is 4.79 Å². The standard InChI is InChI=1S/C20H31N3O/c1-22(2)20(17-7-4-3-5-8-17)11-9-19(10-12-20)15-18(24)23(16-19)14-6-13-21/h3-5,7-8H,6,9-16,21H2,1-2H3/t19-,20+. The van der Waals surface area contributed by atoms with Crippen molar-refractivity contribution in [3.05, 3.63) is 35.9 Å². The van der Waals surface area contributed by atoms with Crippen LogP contribution in [-0.2, 0) is 10.3 Å². The van der Waals surface area contributed by atoms with E-state index >= 15 is 0 Å². The van der Waals surface area contributed by atoms with E-state index in [2.05, 4.69) is 54.2 Å². The van der Waals surface area contributed by atoms with Gasteiger partial charge in [-0.05, 0) is 63.7 Å². The minimum Gasteiger partial charge on any atom is -0.342 e. The molecule has 1 saturated heterocycles. The first-order chi connectivity index (χ1) is 11.5. The van der Waals surface area contributed by atoms with Gasteiger partial charge in [-0.2, -0.15) is 0 Å². The molecule has 2 N–H and O–H groups in total. The van der Waals surface area contributed by atoms with Crippen molar-refractivity contribution in [2.75, 3.05) is 33.7 Å². The summed E-state index contributed by atoms with van der Waals surface area (Å²) in [4.78, 5) is 16.8. The second-order valence-electron chi connectivity index (χ2n) is 7.93. The number of likely N-dealkylation sites (tertiary alicyclic amines) is 1. The predicted molar refractivity (Wildman–Crippen MR) is 97.6 cm³/mol. The van der Waals surface area contributed by atoms with Crippen molar-refractivity contribution in [2.24, 2.45) is 11.1 Å². The van der Waals surface area contributed by atoms with E-state index in [0.29, 0.717) is 12.5 Å². The molecule has 1 aromatic carbocycles. The quantitative estimate of drug-likeness (QED) is 0.903. The van der Waals surface area contributed by atoms with E-state index in [1.807, 2.05) is 0 Å². The molecule has 1 aliphatic carbocycles. The Kier molecular flexibility index (Phi) is 4.97. The van der Waals surface area contributed by atoms with Gasteiger partial charge in [0.05, 0.1) is 0 Å². The van der Waals surface area contributed by atoms with Crippen molar-refractivity contribution in [3.63, 3.8) is 0 Å². The maximum Gasteiger partial charge on any atom is 0.223 e. The fourth-order valence-electron chi connectivity index (χ4n) is 4.74. The SMILES string of the molecule is CN(C)[C@]1(c2ccccc2)CC[C@]2(CC1)CC(=O)N(CCCN)C2. The number of hydrogen-bond donors (Lipinski definition) is 1. The highest BCUT2D eigenvalue weighted by Crippen LogP contribution is 2.52. The number of nitrogens with zero attached hydrogens (tertiary/aromatic N) is 2. The van der Waals surface area contributed by atoms with Crippen LogP contribution in [0.15, 0.2) is 30.3 Å². The number of carbonyl (C=O) groups excluding carboxylic acids is 1. The van der Waals surface area contributed by atoms with Gasteiger partial charge in [-0.25, -0.2) is 0 Å². The topological polar surface area (TPSA) is 49.6 Å². The molecule has 2 aliphatic rings. The summed E-state index contributed by atoms with van der Waals surface area (Å²) in [5.41, 5.74) is 7.33. The molecule has 1 aromatic rings. The Morgan fingerprint density at radius 1 is 1.12 bits per heavy atom. The van der Waals surface area contributed by atoms with Crippen molar-refractivity contribution in [1.29, 1.82) is 0 Å². The Morgan fingerprint density at radius 2 is 1.79 bits per heavy atom. The number of hydrogen-bond acceptors (Lipinski definition) is 3. The number of benzene rings is 1. The molecule has 3 rings (SSSR count). The highest BCUT2D eigenvalue weighted by atomic mass is 16.2. The molecule has 0 unspecified atom stereocenters. The summed E-state index contributed by atoms with van der Waals surface area (Å²) in [6.07, 6.45) is 6.16. The van der Waals surface area contributed by atoms with Crippen molar-refractivity contribution in [1.82, 2.24) is 9.80 Å². The van der Waals surface area contributed by atoms with Crippen LogP contribution in [0.3, 0.4) is 0 Å². The van der Waals surface area contributed by atoms with Gasteiger partial charge < -0.3 is 10.6 Å². The Balaban J connectivity index is 1.74. The fraction of sp³-hybridized carbons (Fsp3) is 0.650. The first-order valence-corrected chi connectivity index (χ1v) is 9.22. The van der Waals surface area contributed by atoms with Crippen molar-refractivity contribution >= 4 is 5.91 Å². The molecule has 4 nitrogen and oxygen atoms in total. The van der Waals surface area contributed by atoms with E-state index in [0.717, 1.165) is 51.6 Å². The molecule has 1 spiro atoms. The highest BCUT2D eigenvalue weighted by molar-refractivity contribution is 5.79. The lowest BCUT2D eigenvalue weighted by Crippen LogP contribution is -2.47. The minimum absolute atomic E-state index is 0.111. The zero-order chi connectivity index (χ0) is 17.2. The van der Waals surface area contributed by atoms with Gasteiger partial charge in [0.2, 0.25) is 5.91 Å². The van der Waals surface area contributed by atoms with Crippen LogP contribution in [0, 0.1) is 5.41 Å². The van der Waals surface area contributed by atoms with Gasteiger partial charge in [0.25, 0.3) is 0 Å². The van der Waals surface area contributed by atoms with Crippen LogP contribution >= 0.6 is 0 Å². The zero-order valence-corrected chi connectivity index (χ0v) is 15.1. The molecular formula is C20H31N3O. The third-order valence-corrected chi connectivity index (χ3v) is 6.34. The molecular weight excluding hydrogens is 298 g/mol. The third kappa shape index (κ3) is 3.09. The summed E-state index contributed by atoms with van der Waals surface area (Å²) in [5.74, 6) is 0.334. The smallest absolute Gasteiger partial charge is 0.223 e. The lowest BCUT2D eigenvalue weighted by molar-refractivity contribution is -0.127. The van der Waals surface area contributed by atoms with E-state index in [4.69, 9.17) is 5.73 Å². The van der Waals surface area contributed by atoms with Crippen LogP contribution in [-0.4, -0.2) is 49.4 Å². The molecule has 132 valence electrons. The molecule has 2 fully saturated rings. The summed E-state index contributed by atoms with van der Waals surface area (Å²) >= 11 is 0. The molecule has 1 heterocycles. The molecule has 24 heavy (non-hydrogen) atoms. The number of nitrogens with two attached hydrogens (primary N) is 1. The van der Waals surface area contributed by atoms with E-state index in [-0.39, 0.29) is 11.0 Å². The Hall–Kier alpha value is -1.39. The lowest BCUT2D eigenvalue weighted by atomic mass is 9.64. The van der Waals surface area contributed by atoms with Crippen LogP contribution in [0.2, 0.25) is 0 Å². The van der Waals surface area contributed by atoms with Gasteiger partial charge in [0.1, 0.15) is 0 Å². The molecule has 4 heteroatoms. The molecule has 0 atom stereocenters. The monoisotopic (exact) mass is 329 g/mol. The summed E-state index contributed by atoms with van der Waals surface area (Å²) in [6.45, 7) is 2.42. The van der Waals surface area contributed by atoms with Crippen LogP contribution in [0.5, 0.6) is 0 Å². The van der Waals surface area contributed by atoms with Crippen LogP contribution in [0.4, 0.5) is 0 Å². The molecule has 0 bridgehead atoms. The maximum absolute atomic E-state index is 12.4. The Bertz CT molecular complexity index is 562. The normalized spacial score (nSPS) is 30.5. The third-order valence-electron chi connectivity index (χ3n) is 6.34. The number of carbonyl (C=O) groups is 1. The average Bonchev–Trinajstić information content (AvgIpc) is 2.90. The minimum atomic E-state index is 0.111. The van der Waals surface area contributed by atoms with Gasteiger partial charge in [-0.1, -0.05) is 30.3 Å².